The smallest absolute Gasteiger partial charge is 0.168 e. The summed E-state index contributed by atoms with van der Waals surface area (Å²) in [6, 6.07) is 12.0. The number of benzene rings is 2. The molecular formula is C23H27F2NO. The number of rotatable bonds is 3. The number of fused-ring (bicyclic) bond motifs is 1. The minimum atomic E-state index is -0.644. The zero-order chi connectivity index (χ0) is 18.8. The second kappa shape index (κ2) is 7.97. The molecule has 1 fully saturated rings. The Morgan fingerprint density at radius 1 is 0.963 bits per heavy atom. The third kappa shape index (κ3) is 4.01. The molecule has 1 saturated carbocycles. The van der Waals surface area contributed by atoms with Crippen LogP contribution in [0, 0.1) is 23.5 Å². The summed E-state index contributed by atoms with van der Waals surface area (Å²) in [7, 11) is 0. The number of halogens is 2. The van der Waals surface area contributed by atoms with Gasteiger partial charge in [-0.2, -0.15) is 0 Å². The van der Waals surface area contributed by atoms with Gasteiger partial charge in [-0.25, -0.2) is 8.78 Å². The predicted octanol–water partition coefficient (Wildman–Crippen LogP) is 5.55. The topological polar surface area (TPSA) is 35.2 Å². The Labute approximate surface area is 159 Å². The molecule has 2 nitrogen and oxygen atoms in total. The van der Waals surface area contributed by atoms with Gasteiger partial charge in [0.15, 0.2) is 11.6 Å². The summed E-state index contributed by atoms with van der Waals surface area (Å²) >= 11 is 0. The summed E-state index contributed by atoms with van der Waals surface area (Å²) < 4.78 is 33.8. The number of nitrogens with two attached hydrogens (primary N) is 1. The molecule has 2 N–H and O–H groups in total. The van der Waals surface area contributed by atoms with Gasteiger partial charge in [0.25, 0.3) is 0 Å². The molecule has 0 heterocycles. The van der Waals surface area contributed by atoms with E-state index in [4.69, 9.17) is 10.5 Å². The van der Waals surface area contributed by atoms with Crippen LogP contribution in [0.1, 0.15) is 55.8 Å². The van der Waals surface area contributed by atoms with Crippen molar-refractivity contribution in [3.8, 4) is 5.75 Å². The Bertz CT molecular complexity index is 794. The van der Waals surface area contributed by atoms with Crippen molar-refractivity contribution in [1.29, 1.82) is 0 Å². The van der Waals surface area contributed by atoms with E-state index >= 15 is 0 Å². The van der Waals surface area contributed by atoms with Crippen LogP contribution >= 0.6 is 0 Å². The van der Waals surface area contributed by atoms with Gasteiger partial charge in [-0.05, 0) is 61.3 Å². The second-order valence-electron chi connectivity index (χ2n) is 8.05. The van der Waals surface area contributed by atoms with Crippen molar-refractivity contribution >= 4 is 0 Å². The molecule has 0 saturated heterocycles. The quantitative estimate of drug-likeness (QED) is 0.718. The number of hydrogen-bond acceptors (Lipinski definition) is 2. The summed E-state index contributed by atoms with van der Waals surface area (Å²) in [5.74, 6) is -0.330. The molecule has 144 valence electrons. The monoisotopic (exact) mass is 371 g/mol. The van der Waals surface area contributed by atoms with E-state index in [2.05, 4.69) is 12.1 Å². The molecule has 0 spiro atoms. The van der Waals surface area contributed by atoms with E-state index in [1.807, 2.05) is 12.1 Å². The van der Waals surface area contributed by atoms with E-state index in [0.29, 0.717) is 11.8 Å². The van der Waals surface area contributed by atoms with Crippen LogP contribution in [0.15, 0.2) is 42.5 Å². The third-order valence-corrected chi connectivity index (χ3v) is 6.26. The largest absolute Gasteiger partial charge is 0.482 e. The zero-order valence-corrected chi connectivity index (χ0v) is 15.5. The molecule has 4 unspecified atom stereocenters. The zero-order valence-electron chi connectivity index (χ0n) is 15.5. The van der Waals surface area contributed by atoms with Gasteiger partial charge in [0.1, 0.15) is 11.9 Å². The molecule has 0 amide bonds. The molecule has 27 heavy (non-hydrogen) atoms. The van der Waals surface area contributed by atoms with Gasteiger partial charge in [-0.3, -0.25) is 0 Å². The van der Waals surface area contributed by atoms with Gasteiger partial charge < -0.3 is 10.5 Å². The van der Waals surface area contributed by atoms with Crippen LogP contribution in [0.25, 0.3) is 0 Å². The van der Waals surface area contributed by atoms with Crippen molar-refractivity contribution in [3.63, 3.8) is 0 Å². The highest BCUT2D eigenvalue weighted by molar-refractivity contribution is 5.34. The highest BCUT2D eigenvalue weighted by Crippen LogP contribution is 2.45. The Morgan fingerprint density at radius 2 is 1.78 bits per heavy atom. The van der Waals surface area contributed by atoms with Crippen LogP contribution in [-0.2, 0) is 6.42 Å². The molecule has 0 radical (unpaired) electrons. The Kier molecular flexibility index (Phi) is 5.44. The number of hydrogen-bond donors (Lipinski definition) is 1. The maximum Gasteiger partial charge on any atom is 0.168 e. The van der Waals surface area contributed by atoms with Gasteiger partial charge in [0, 0.05) is 18.0 Å². The van der Waals surface area contributed by atoms with Gasteiger partial charge in [0.05, 0.1) is 0 Å². The van der Waals surface area contributed by atoms with Crippen LogP contribution in [0.5, 0.6) is 5.75 Å². The summed E-state index contributed by atoms with van der Waals surface area (Å²) in [5.41, 5.74) is 8.72. The summed E-state index contributed by atoms with van der Waals surface area (Å²) in [6.07, 6.45) is 7.40. The van der Waals surface area contributed by atoms with E-state index in [1.54, 1.807) is 0 Å². The lowest BCUT2D eigenvalue weighted by Crippen LogP contribution is -2.33. The van der Waals surface area contributed by atoms with Crippen molar-refractivity contribution in [2.24, 2.45) is 17.6 Å². The first-order chi connectivity index (χ1) is 13.1. The molecular weight excluding hydrogens is 344 g/mol. The molecule has 0 aromatic heterocycles. The van der Waals surface area contributed by atoms with Crippen molar-refractivity contribution < 1.29 is 13.5 Å². The van der Waals surface area contributed by atoms with Crippen LogP contribution < -0.4 is 10.5 Å². The van der Waals surface area contributed by atoms with E-state index in [9.17, 15) is 8.78 Å². The minimum Gasteiger partial charge on any atom is -0.482 e. The summed E-state index contributed by atoms with van der Waals surface area (Å²) in [5, 5.41) is 0. The Morgan fingerprint density at radius 3 is 2.63 bits per heavy atom. The first-order valence-corrected chi connectivity index (χ1v) is 10.1. The molecule has 2 aromatic carbocycles. The first kappa shape index (κ1) is 18.4. The van der Waals surface area contributed by atoms with Gasteiger partial charge in [-0.1, -0.05) is 37.1 Å². The van der Waals surface area contributed by atoms with Crippen molar-refractivity contribution in [3.05, 3.63) is 65.2 Å². The lowest BCUT2D eigenvalue weighted by Gasteiger charge is -2.39. The second-order valence-corrected chi connectivity index (χ2v) is 8.05. The summed E-state index contributed by atoms with van der Waals surface area (Å²) in [4.78, 5) is 0. The van der Waals surface area contributed by atoms with E-state index in [0.717, 1.165) is 43.7 Å². The van der Waals surface area contributed by atoms with Crippen molar-refractivity contribution in [1.82, 2.24) is 0 Å². The lowest BCUT2D eigenvalue weighted by atomic mass is 9.72. The standard InChI is InChI=1S/C23H27F2NO/c24-17-10-12-22(21(25)14-17)27-23-19-8-4-2-5-15(19)9-11-20(23)16-6-1-3-7-18(26)13-16/h2,4-5,8,10,12,14,16,18,20,23H,1,3,6-7,9,11,13,26H2. The molecule has 0 aliphatic heterocycles. The number of aryl methyl sites for hydroxylation is 1. The maximum atomic E-state index is 14.3. The lowest BCUT2D eigenvalue weighted by molar-refractivity contribution is 0.0674. The first-order valence-electron chi connectivity index (χ1n) is 10.1. The molecule has 2 aromatic rings. The molecule has 4 atom stereocenters. The van der Waals surface area contributed by atoms with Gasteiger partial charge in [0.2, 0.25) is 0 Å². The van der Waals surface area contributed by atoms with Crippen molar-refractivity contribution in [2.75, 3.05) is 0 Å². The average Bonchev–Trinajstić information content (AvgIpc) is 2.88. The molecule has 2 aliphatic rings. The fourth-order valence-electron chi connectivity index (χ4n) is 4.91. The molecule has 4 rings (SSSR count). The number of ether oxygens (including phenoxy) is 1. The van der Waals surface area contributed by atoms with E-state index in [-0.39, 0.29) is 17.9 Å². The third-order valence-electron chi connectivity index (χ3n) is 6.26. The predicted molar refractivity (Wildman–Crippen MR) is 103 cm³/mol. The Hall–Kier alpha value is -1.94. The maximum absolute atomic E-state index is 14.3. The van der Waals surface area contributed by atoms with E-state index in [1.165, 1.54) is 30.5 Å². The highest BCUT2D eigenvalue weighted by atomic mass is 19.1. The van der Waals surface area contributed by atoms with Crippen molar-refractivity contribution in [2.45, 2.75) is 57.1 Å². The van der Waals surface area contributed by atoms with Gasteiger partial charge in [-0.15, -0.1) is 0 Å². The van der Waals surface area contributed by atoms with E-state index < -0.39 is 11.6 Å². The fourth-order valence-corrected chi connectivity index (χ4v) is 4.91. The average molecular weight is 371 g/mol. The fraction of sp³-hybridized carbons (Fsp3) is 0.478. The SMILES string of the molecule is NC1CCCCC(C2CCc3ccccc3C2Oc2ccc(F)cc2F)C1. The molecule has 0 bridgehead atoms. The summed E-state index contributed by atoms with van der Waals surface area (Å²) in [6.45, 7) is 0. The Balaban J connectivity index is 1.67. The molecule has 2 aliphatic carbocycles. The van der Waals surface area contributed by atoms with Crippen LogP contribution in [0.4, 0.5) is 8.78 Å². The van der Waals surface area contributed by atoms with Crippen LogP contribution in [0.3, 0.4) is 0 Å². The van der Waals surface area contributed by atoms with Crippen LogP contribution in [-0.4, -0.2) is 6.04 Å². The minimum absolute atomic E-state index is 0.126. The van der Waals surface area contributed by atoms with Crippen LogP contribution in [0.2, 0.25) is 0 Å². The normalized spacial score (nSPS) is 28.3. The van der Waals surface area contributed by atoms with Gasteiger partial charge >= 0.3 is 0 Å². The highest BCUT2D eigenvalue weighted by Gasteiger charge is 2.37. The molecule has 4 heteroatoms.